The normalized spacial score (nSPS) is 11.9. The van der Waals surface area contributed by atoms with Crippen LogP contribution >= 0.6 is 22.6 Å². The van der Waals surface area contributed by atoms with Crippen molar-refractivity contribution in [2.45, 2.75) is 25.8 Å². The zero-order valence-corrected chi connectivity index (χ0v) is 9.44. The molecule has 0 aromatic heterocycles. The predicted octanol–water partition coefficient (Wildman–Crippen LogP) is 1.19. The quantitative estimate of drug-likeness (QED) is 0.357. The monoisotopic (exact) mass is 301 g/mol. The van der Waals surface area contributed by atoms with Gasteiger partial charge >= 0.3 is 9.95 Å². The highest BCUT2D eigenvalue weighted by Gasteiger charge is 2.13. The number of hydrogen-bond acceptors (Lipinski definition) is 5. The van der Waals surface area contributed by atoms with Crippen molar-refractivity contribution in [3.05, 3.63) is 0 Å². The average molecular weight is 301 g/mol. The number of carbonyl (C=O) groups excluding carboxylic acids is 2. The SMILES string of the molecule is CCCC(N)C(=O)OCOC(=O)I. The maximum absolute atomic E-state index is 11.0. The summed E-state index contributed by atoms with van der Waals surface area (Å²) in [6.07, 6.45) is 1.37. The molecule has 0 aromatic rings. The molecule has 6 heteroatoms. The van der Waals surface area contributed by atoms with Gasteiger partial charge in [-0.3, -0.25) is 4.79 Å². The molecule has 0 aliphatic rings. The standard InChI is InChI=1S/C7H12INO4/c1-2-3-5(9)6(10)12-4-13-7(8)11/h5H,2-4,9H2,1H3. The second-order valence-electron chi connectivity index (χ2n) is 2.36. The lowest BCUT2D eigenvalue weighted by Crippen LogP contribution is -2.32. The van der Waals surface area contributed by atoms with Crippen molar-refractivity contribution in [3.8, 4) is 0 Å². The summed E-state index contributed by atoms with van der Waals surface area (Å²) < 4.78 is 8.43. The zero-order chi connectivity index (χ0) is 10.3. The molecule has 0 rings (SSSR count). The molecule has 0 bridgehead atoms. The average Bonchev–Trinajstić information content (AvgIpc) is 2.04. The third-order valence-corrected chi connectivity index (χ3v) is 1.59. The van der Waals surface area contributed by atoms with E-state index in [0.717, 1.165) is 6.42 Å². The fraction of sp³-hybridized carbons (Fsp3) is 0.714. The van der Waals surface area contributed by atoms with Crippen LogP contribution in [0.1, 0.15) is 19.8 Å². The number of rotatable bonds is 5. The van der Waals surface area contributed by atoms with E-state index in [9.17, 15) is 9.59 Å². The van der Waals surface area contributed by atoms with Crippen LogP contribution in [-0.4, -0.2) is 22.8 Å². The summed E-state index contributed by atoms with van der Waals surface area (Å²) in [5, 5.41) is 0. The molecule has 0 aromatic carbocycles. The van der Waals surface area contributed by atoms with Crippen molar-refractivity contribution in [2.75, 3.05) is 6.79 Å². The third kappa shape index (κ3) is 6.76. The van der Waals surface area contributed by atoms with Crippen LogP contribution in [0.5, 0.6) is 0 Å². The van der Waals surface area contributed by atoms with Gasteiger partial charge in [-0.15, -0.1) is 0 Å². The molecule has 0 aliphatic heterocycles. The van der Waals surface area contributed by atoms with E-state index < -0.39 is 16.0 Å². The molecular weight excluding hydrogens is 289 g/mol. The number of halogens is 1. The predicted molar refractivity (Wildman–Crippen MR) is 54.3 cm³/mol. The molecule has 0 spiro atoms. The summed E-state index contributed by atoms with van der Waals surface area (Å²) in [7, 11) is 0. The smallest absolute Gasteiger partial charge is 0.369 e. The fourth-order valence-corrected chi connectivity index (χ4v) is 0.797. The number of carbonyl (C=O) groups is 2. The van der Waals surface area contributed by atoms with Gasteiger partial charge < -0.3 is 15.2 Å². The van der Waals surface area contributed by atoms with Crippen LogP contribution in [0, 0.1) is 0 Å². The van der Waals surface area contributed by atoms with Gasteiger partial charge in [0.15, 0.2) is 0 Å². The highest BCUT2D eigenvalue weighted by atomic mass is 127. The van der Waals surface area contributed by atoms with E-state index >= 15 is 0 Å². The van der Waals surface area contributed by atoms with Gasteiger partial charge in [-0.25, -0.2) is 4.79 Å². The molecule has 13 heavy (non-hydrogen) atoms. The molecule has 1 atom stereocenters. The lowest BCUT2D eigenvalue weighted by atomic mass is 10.2. The van der Waals surface area contributed by atoms with E-state index in [4.69, 9.17) is 5.73 Å². The number of ether oxygens (including phenoxy) is 2. The largest absolute Gasteiger partial charge is 0.427 e. The van der Waals surface area contributed by atoms with Gasteiger partial charge in [0.1, 0.15) is 6.04 Å². The first kappa shape index (κ1) is 12.6. The van der Waals surface area contributed by atoms with E-state index in [2.05, 4.69) is 9.47 Å². The maximum atomic E-state index is 11.0. The minimum atomic E-state index is -0.627. The summed E-state index contributed by atoms with van der Waals surface area (Å²) in [5.74, 6) is -0.542. The Hall–Kier alpha value is -0.370. The van der Waals surface area contributed by atoms with Crippen LogP contribution in [0.3, 0.4) is 0 Å². The second kappa shape index (κ2) is 7.07. The Morgan fingerprint density at radius 1 is 1.46 bits per heavy atom. The maximum Gasteiger partial charge on any atom is 0.369 e. The molecule has 0 fully saturated rings. The lowest BCUT2D eigenvalue weighted by Gasteiger charge is -2.09. The molecule has 2 N–H and O–H groups in total. The van der Waals surface area contributed by atoms with Gasteiger partial charge in [0.25, 0.3) is 0 Å². The fourth-order valence-electron chi connectivity index (χ4n) is 0.670. The van der Waals surface area contributed by atoms with Crippen molar-refractivity contribution >= 4 is 32.5 Å². The van der Waals surface area contributed by atoms with E-state index in [0.29, 0.717) is 6.42 Å². The molecule has 0 amide bonds. The van der Waals surface area contributed by atoms with Gasteiger partial charge in [-0.2, -0.15) is 0 Å². The van der Waals surface area contributed by atoms with Crippen molar-refractivity contribution < 1.29 is 19.1 Å². The molecule has 0 aliphatic carbocycles. The zero-order valence-electron chi connectivity index (χ0n) is 7.29. The first-order valence-electron chi connectivity index (χ1n) is 3.82. The Balaban J connectivity index is 3.55. The topological polar surface area (TPSA) is 78.6 Å². The number of hydrogen-bond donors (Lipinski definition) is 1. The van der Waals surface area contributed by atoms with Crippen LogP contribution < -0.4 is 5.73 Å². The van der Waals surface area contributed by atoms with Crippen molar-refractivity contribution in [2.24, 2.45) is 5.73 Å². The highest BCUT2D eigenvalue weighted by molar-refractivity contribution is 14.1. The van der Waals surface area contributed by atoms with E-state index in [1.165, 1.54) is 22.6 Å². The van der Waals surface area contributed by atoms with E-state index in [-0.39, 0.29) is 6.79 Å². The summed E-state index contributed by atoms with van der Waals surface area (Å²) in [6.45, 7) is 1.55. The first-order valence-corrected chi connectivity index (χ1v) is 4.90. The minimum absolute atomic E-state index is 0.363. The van der Waals surface area contributed by atoms with Crippen LogP contribution in [0.4, 0.5) is 4.79 Å². The van der Waals surface area contributed by atoms with Crippen LogP contribution in [0.25, 0.3) is 0 Å². The summed E-state index contributed by atoms with van der Waals surface area (Å²) in [6, 6.07) is -0.627. The van der Waals surface area contributed by atoms with Crippen LogP contribution in [0.2, 0.25) is 0 Å². The molecule has 0 saturated carbocycles. The molecule has 0 heterocycles. The van der Waals surface area contributed by atoms with Gasteiger partial charge in [-0.1, -0.05) is 13.3 Å². The van der Waals surface area contributed by atoms with Gasteiger partial charge in [0.05, 0.1) is 22.6 Å². The van der Waals surface area contributed by atoms with Crippen molar-refractivity contribution in [1.29, 1.82) is 0 Å². The number of nitrogens with two attached hydrogens (primary N) is 1. The first-order chi connectivity index (χ1) is 6.07. The Bertz CT molecular complexity index is 185. The van der Waals surface area contributed by atoms with E-state index in [1.54, 1.807) is 0 Å². The summed E-state index contributed by atoms with van der Waals surface area (Å²) in [4.78, 5) is 21.2. The van der Waals surface area contributed by atoms with Gasteiger partial charge in [0.2, 0.25) is 6.79 Å². The van der Waals surface area contributed by atoms with Crippen LogP contribution in [0.15, 0.2) is 0 Å². The highest BCUT2D eigenvalue weighted by Crippen LogP contribution is 1.97. The van der Waals surface area contributed by atoms with Crippen molar-refractivity contribution in [3.63, 3.8) is 0 Å². The van der Waals surface area contributed by atoms with E-state index in [1.807, 2.05) is 6.92 Å². The Labute approximate surface area is 90.1 Å². The minimum Gasteiger partial charge on any atom is -0.427 e. The number of esters is 1. The molecule has 5 nitrogen and oxygen atoms in total. The van der Waals surface area contributed by atoms with Crippen molar-refractivity contribution in [1.82, 2.24) is 0 Å². The summed E-state index contributed by atoms with van der Waals surface area (Å²) in [5.41, 5.74) is 5.43. The van der Waals surface area contributed by atoms with Gasteiger partial charge in [0, 0.05) is 0 Å². The summed E-state index contributed by atoms with van der Waals surface area (Å²) >= 11 is 1.44. The van der Waals surface area contributed by atoms with Crippen LogP contribution in [-0.2, 0) is 14.3 Å². The molecular formula is C7H12INO4. The van der Waals surface area contributed by atoms with Gasteiger partial charge in [-0.05, 0) is 6.42 Å². The second-order valence-corrected chi connectivity index (χ2v) is 3.24. The molecule has 1 unspecified atom stereocenters. The molecule has 76 valence electrons. The lowest BCUT2D eigenvalue weighted by molar-refractivity contribution is -0.153. The Morgan fingerprint density at radius 2 is 2.08 bits per heavy atom. The Kier molecular flexibility index (Phi) is 6.87. The molecule has 0 saturated heterocycles. The third-order valence-electron chi connectivity index (χ3n) is 1.28. The molecule has 0 radical (unpaired) electrons. The Morgan fingerprint density at radius 3 is 2.54 bits per heavy atom.